The number of hydrogen-bond donors (Lipinski definition) is 0. The van der Waals surface area contributed by atoms with Crippen LogP contribution in [-0.4, -0.2) is 35.6 Å². The highest BCUT2D eigenvalue weighted by atomic mass is 35.5. The summed E-state index contributed by atoms with van der Waals surface area (Å²) in [4.78, 5) is 12.1. The zero-order valence-corrected chi connectivity index (χ0v) is 19.0. The van der Waals surface area contributed by atoms with Crippen molar-refractivity contribution in [1.29, 1.82) is 0 Å². The van der Waals surface area contributed by atoms with Crippen LogP contribution in [0.3, 0.4) is 0 Å². The number of rotatable bonds is 9. The summed E-state index contributed by atoms with van der Waals surface area (Å²) >= 11 is 6.38. The fraction of sp³-hybridized carbons (Fsp3) is 0.333. The lowest BCUT2D eigenvalue weighted by molar-refractivity contribution is -0.169. The molecule has 1 heterocycles. The number of benzene rings is 2. The SMILES string of the molecule is CC[C@@](C)(OCc1cc(-c2cccc(OC)c2)n(Cc2ccccc2Cl)n1)C(=O)OC. The monoisotopic (exact) mass is 442 g/mol. The molecular formula is C24H27ClN2O4. The molecule has 0 saturated heterocycles. The molecule has 0 aliphatic heterocycles. The minimum absolute atomic E-state index is 0.173. The number of aromatic nitrogens is 2. The van der Waals surface area contributed by atoms with E-state index in [0.717, 1.165) is 22.6 Å². The average Bonchev–Trinajstić information content (AvgIpc) is 3.21. The van der Waals surface area contributed by atoms with Gasteiger partial charge in [0.25, 0.3) is 0 Å². The first kappa shape index (κ1) is 22.8. The summed E-state index contributed by atoms with van der Waals surface area (Å²) in [6.45, 7) is 4.28. The van der Waals surface area contributed by atoms with Crippen LogP contribution < -0.4 is 4.74 Å². The number of hydrogen-bond acceptors (Lipinski definition) is 5. The Kier molecular flexibility index (Phi) is 7.36. The minimum atomic E-state index is -1.03. The van der Waals surface area contributed by atoms with E-state index in [1.807, 2.05) is 66.2 Å². The Morgan fingerprint density at radius 3 is 2.58 bits per heavy atom. The van der Waals surface area contributed by atoms with E-state index in [1.165, 1.54) is 7.11 Å². The van der Waals surface area contributed by atoms with Crippen LogP contribution in [0.15, 0.2) is 54.6 Å². The molecular weight excluding hydrogens is 416 g/mol. The van der Waals surface area contributed by atoms with Crippen LogP contribution in [0.25, 0.3) is 11.3 Å². The van der Waals surface area contributed by atoms with Crippen molar-refractivity contribution in [3.8, 4) is 17.0 Å². The molecule has 0 aliphatic carbocycles. The predicted octanol–water partition coefficient (Wildman–Crippen LogP) is 5.12. The largest absolute Gasteiger partial charge is 0.497 e. The predicted molar refractivity (Wildman–Crippen MR) is 120 cm³/mol. The van der Waals surface area contributed by atoms with Gasteiger partial charge in [0, 0.05) is 10.6 Å². The fourth-order valence-corrected chi connectivity index (χ4v) is 3.41. The van der Waals surface area contributed by atoms with Crippen molar-refractivity contribution in [1.82, 2.24) is 9.78 Å². The van der Waals surface area contributed by atoms with E-state index in [-0.39, 0.29) is 6.61 Å². The topological polar surface area (TPSA) is 62.6 Å². The van der Waals surface area contributed by atoms with Gasteiger partial charge in [0.2, 0.25) is 0 Å². The smallest absolute Gasteiger partial charge is 0.337 e. The summed E-state index contributed by atoms with van der Waals surface area (Å²) in [6.07, 6.45) is 0.489. The maximum absolute atomic E-state index is 12.1. The van der Waals surface area contributed by atoms with Gasteiger partial charge >= 0.3 is 5.97 Å². The minimum Gasteiger partial charge on any atom is -0.497 e. The van der Waals surface area contributed by atoms with Crippen LogP contribution in [0.4, 0.5) is 0 Å². The number of carbonyl (C=O) groups is 1. The lowest BCUT2D eigenvalue weighted by atomic mass is 10.0. The molecule has 1 aromatic heterocycles. The van der Waals surface area contributed by atoms with Gasteiger partial charge in [0.05, 0.1) is 38.8 Å². The summed E-state index contributed by atoms with van der Waals surface area (Å²) < 4.78 is 18.1. The number of methoxy groups -OCH3 is 2. The molecule has 0 N–H and O–H groups in total. The maximum Gasteiger partial charge on any atom is 0.337 e. The third-order valence-corrected chi connectivity index (χ3v) is 5.67. The number of halogens is 1. The van der Waals surface area contributed by atoms with Crippen LogP contribution in [0.1, 0.15) is 31.5 Å². The van der Waals surface area contributed by atoms with Crippen LogP contribution in [0, 0.1) is 0 Å². The van der Waals surface area contributed by atoms with Gasteiger partial charge < -0.3 is 14.2 Å². The Labute approximate surface area is 187 Å². The fourth-order valence-electron chi connectivity index (χ4n) is 3.22. The standard InChI is InChI=1S/C24H27ClN2O4/c1-5-24(2,23(28)30-4)31-16-19-14-22(17-10-8-11-20(13-17)29-3)27(26-19)15-18-9-6-7-12-21(18)25/h6-14H,5,15-16H2,1-4H3/t24-/m1/s1. The third-order valence-electron chi connectivity index (χ3n) is 5.30. The van der Waals surface area contributed by atoms with Crippen LogP contribution in [0.2, 0.25) is 5.02 Å². The number of esters is 1. The van der Waals surface area contributed by atoms with Gasteiger partial charge in [-0.1, -0.05) is 48.9 Å². The third kappa shape index (κ3) is 5.27. The lowest BCUT2D eigenvalue weighted by Gasteiger charge is -2.24. The van der Waals surface area contributed by atoms with Crippen molar-refractivity contribution in [3.63, 3.8) is 0 Å². The second-order valence-corrected chi connectivity index (χ2v) is 7.77. The second kappa shape index (κ2) is 9.98. The molecule has 0 amide bonds. The highest BCUT2D eigenvalue weighted by Gasteiger charge is 2.33. The molecule has 0 aliphatic rings. The van der Waals surface area contributed by atoms with Gasteiger partial charge in [-0.05, 0) is 43.2 Å². The molecule has 3 aromatic rings. The van der Waals surface area contributed by atoms with Crippen LogP contribution in [0.5, 0.6) is 5.75 Å². The molecule has 6 nitrogen and oxygen atoms in total. The van der Waals surface area contributed by atoms with Crippen molar-refractivity contribution in [2.24, 2.45) is 0 Å². The zero-order valence-electron chi connectivity index (χ0n) is 18.2. The van der Waals surface area contributed by atoms with Crippen LogP contribution in [-0.2, 0) is 27.4 Å². The van der Waals surface area contributed by atoms with Crippen molar-refractivity contribution < 1.29 is 19.0 Å². The summed E-state index contributed by atoms with van der Waals surface area (Å²) in [7, 11) is 3.00. The summed E-state index contributed by atoms with van der Waals surface area (Å²) in [5.41, 5.74) is 2.48. The molecule has 0 spiro atoms. The number of carbonyl (C=O) groups excluding carboxylic acids is 1. The molecule has 0 unspecified atom stereocenters. The normalized spacial score (nSPS) is 12.9. The summed E-state index contributed by atoms with van der Waals surface area (Å²) in [5, 5.41) is 5.42. The van der Waals surface area contributed by atoms with E-state index in [4.69, 9.17) is 30.9 Å². The molecule has 7 heteroatoms. The molecule has 164 valence electrons. The summed E-state index contributed by atoms with van der Waals surface area (Å²) in [6, 6.07) is 17.4. The van der Waals surface area contributed by atoms with E-state index in [0.29, 0.717) is 23.7 Å². The Hall–Kier alpha value is -2.83. The molecule has 2 aromatic carbocycles. The Morgan fingerprint density at radius 1 is 1.13 bits per heavy atom. The summed E-state index contributed by atoms with van der Waals surface area (Å²) in [5.74, 6) is 0.351. The molecule has 0 bridgehead atoms. The van der Waals surface area contributed by atoms with Gasteiger partial charge in [-0.25, -0.2) is 4.79 Å². The van der Waals surface area contributed by atoms with Crippen LogP contribution >= 0.6 is 11.6 Å². The molecule has 31 heavy (non-hydrogen) atoms. The number of nitrogens with zero attached hydrogens (tertiary/aromatic N) is 2. The zero-order chi connectivity index (χ0) is 22.4. The van der Waals surface area contributed by atoms with Crippen molar-refractivity contribution in [2.45, 2.75) is 39.0 Å². The second-order valence-electron chi connectivity index (χ2n) is 7.37. The first-order chi connectivity index (χ1) is 14.9. The van der Waals surface area contributed by atoms with E-state index in [2.05, 4.69) is 0 Å². The number of ether oxygens (including phenoxy) is 3. The molecule has 0 fully saturated rings. The van der Waals surface area contributed by atoms with Gasteiger partial charge in [0.1, 0.15) is 5.75 Å². The lowest BCUT2D eigenvalue weighted by Crippen LogP contribution is -2.38. The Morgan fingerprint density at radius 2 is 1.90 bits per heavy atom. The van der Waals surface area contributed by atoms with E-state index < -0.39 is 11.6 Å². The first-order valence-corrected chi connectivity index (χ1v) is 10.4. The highest BCUT2D eigenvalue weighted by molar-refractivity contribution is 6.31. The molecule has 1 atom stereocenters. The molecule has 3 rings (SSSR count). The average molecular weight is 443 g/mol. The van der Waals surface area contributed by atoms with Crippen molar-refractivity contribution in [2.75, 3.05) is 14.2 Å². The van der Waals surface area contributed by atoms with Crippen molar-refractivity contribution >= 4 is 17.6 Å². The molecule has 0 saturated carbocycles. The first-order valence-electron chi connectivity index (χ1n) is 10.1. The van der Waals surface area contributed by atoms with Gasteiger partial charge in [-0.2, -0.15) is 5.10 Å². The van der Waals surface area contributed by atoms with Gasteiger partial charge in [-0.15, -0.1) is 0 Å². The Bertz CT molecular complexity index is 1050. The van der Waals surface area contributed by atoms with E-state index in [1.54, 1.807) is 14.0 Å². The highest BCUT2D eigenvalue weighted by Crippen LogP contribution is 2.28. The Balaban J connectivity index is 1.95. The maximum atomic E-state index is 12.1. The van der Waals surface area contributed by atoms with Crippen molar-refractivity contribution in [3.05, 3.63) is 70.9 Å². The quantitative estimate of drug-likeness (QED) is 0.430. The molecule has 0 radical (unpaired) electrons. The van der Waals surface area contributed by atoms with Gasteiger partial charge in [-0.3, -0.25) is 4.68 Å². The van der Waals surface area contributed by atoms with E-state index in [9.17, 15) is 4.79 Å². The van der Waals surface area contributed by atoms with Gasteiger partial charge in [0.15, 0.2) is 5.60 Å². The van der Waals surface area contributed by atoms with E-state index >= 15 is 0 Å².